The number of aromatic hydroxyl groups is 1. The largest absolute Gasteiger partial charge is 0.508 e. The highest BCUT2D eigenvalue weighted by atomic mass is 32.2. The summed E-state index contributed by atoms with van der Waals surface area (Å²) in [7, 11) is 0. The Hall–Kier alpha value is -3.95. The lowest BCUT2D eigenvalue weighted by Crippen LogP contribution is -2.60. The third-order valence-corrected chi connectivity index (χ3v) is 11.8. The molecule has 7 atom stereocenters. The molecule has 6 rings (SSSR count). The lowest BCUT2D eigenvalue weighted by atomic mass is 9.72. The fourth-order valence-corrected chi connectivity index (χ4v) is 8.76. The van der Waals surface area contributed by atoms with Gasteiger partial charge >= 0.3 is 5.69 Å². The number of fused-ring (bicyclic) bond motifs is 1. The fraction of sp³-hybridized carbons (Fsp3) is 0.561. The number of phenols is 1. The number of thioether (sulfide) groups is 1. The summed E-state index contributed by atoms with van der Waals surface area (Å²) in [5.41, 5.74) is 5.50. The average Bonchev–Trinajstić information content (AvgIpc) is 3.63. The summed E-state index contributed by atoms with van der Waals surface area (Å²) in [5.74, 6) is 1.47. The number of hydrogen-bond donors (Lipinski definition) is 6. The maximum Gasteiger partial charge on any atom is 0.351 e. The molecule has 55 heavy (non-hydrogen) atoms. The summed E-state index contributed by atoms with van der Waals surface area (Å²) < 4.78 is 6.84. The Kier molecular flexibility index (Phi) is 14.8. The van der Waals surface area contributed by atoms with Gasteiger partial charge in [0, 0.05) is 46.6 Å². The van der Waals surface area contributed by atoms with Crippen molar-refractivity contribution in [3.05, 3.63) is 82.4 Å². The summed E-state index contributed by atoms with van der Waals surface area (Å²) >= 11 is 1.57. The van der Waals surface area contributed by atoms with Gasteiger partial charge < -0.3 is 36.4 Å². The van der Waals surface area contributed by atoms with Crippen LogP contribution >= 0.6 is 11.8 Å². The van der Waals surface area contributed by atoms with Crippen LogP contribution in [0.15, 0.2) is 70.5 Å². The molecule has 2 amide bonds. The number of carbonyl (C=O) groups excluding carboxylic acids is 2. The van der Waals surface area contributed by atoms with E-state index in [1.165, 1.54) is 17.4 Å². The number of piperidine rings is 1. The first-order valence-corrected chi connectivity index (χ1v) is 20.3. The number of rotatable bonds is 11. The van der Waals surface area contributed by atoms with E-state index in [-0.39, 0.29) is 53.9 Å². The van der Waals surface area contributed by atoms with Crippen LogP contribution in [-0.2, 0) is 9.53 Å². The van der Waals surface area contributed by atoms with Gasteiger partial charge in [-0.1, -0.05) is 43.5 Å². The molecule has 3 aromatic rings. The second kappa shape index (κ2) is 19.3. The number of likely N-dealkylation sites (tertiary alicyclic amines) is 1. The third-order valence-electron chi connectivity index (χ3n) is 10.7. The third kappa shape index (κ3) is 11.8. The number of nitrogens with zero attached hydrogens (tertiary/aromatic N) is 3. The number of aliphatic hydroxyl groups excluding tert-OH is 2. The van der Waals surface area contributed by atoms with Crippen molar-refractivity contribution in [2.24, 2.45) is 11.8 Å². The Balaban J connectivity index is 0.000000321. The maximum absolute atomic E-state index is 13.5. The quantitative estimate of drug-likeness (QED) is 0.153. The molecule has 300 valence electrons. The molecule has 0 radical (unpaired) electrons. The molecule has 3 heterocycles. The average molecular weight is 779 g/mol. The summed E-state index contributed by atoms with van der Waals surface area (Å²) in [6.45, 7) is 8.74. The number of β-amino-alcohol motifs (C(OH)–C–C–N with tert-alkyl or cyclic N) is 1. The summed E-state index contributed by atoms with van der Waals surface area (Å²) in [4.78, 5) is 45.1. The van der Waals surface area contributed by atoms with Crippen LogP contribution in [0, 0.1) is 18.8 Å². The van der Waals surface area contributed by atoms with Crippen molar-refractivity contribution in [2.45, 2.75) is 114 Å². The number of carbonyl (C=O) groups is 2. The van der Waals surface area contributed by atoms with Crippen LogP contribution in [0.25, 0.3) is 0 Å². The lowest BCUT2D eigenvalue weighted by Gasteiger charge is -2.47. The SMILES string of the molecule is Cc1c(O)cccc1C(=O)N[C@@H](CSc1ccccc1)[C@H](O)CN1C[C@H]2CCCC[C@H]2C[C@H]1C(=O)NC(C)(C)C.Nc1ccn([C@H]2CC[C@@H](CO)O2)c(=O)n1. The number of ether oxygens (including phenoxy) is 1. The highest BCUT2D eigenvalue weighted by Gasteiger charge is 2.42. The Bertz CT molecular complexity index is 1790. The van der Waals surface area contributed by atoms with Gasteiger partial charge in [-0.2, -0.15) is 4.98 Å². The predicted octanol–water partition coefficient (Wildman–Crippen LogP) is 4.24. The molecule has 3 fully saturated rings. The Morgan fingerprint density at radius 3 is 2.44 bits per heavy atom. The number of phenolic OH excluding ortho intramolecular Hbond substituents is 1. The van der Waals surface area contributed by atoms with Crippen LogP contribution in [0.1, 0.15) is 87.9 Å². The fourth-order valence-electron chi connectivity index (χ4n) is 7.73. The number of benzene rings is 2. The summed E-state index contributed by atoms with van der Waals surface area (Å²) in [5, 5.41) is 36.9. The molecule has 1 saturated carbocycles. The molecule has 0 bridgehead atoms. The molecule has 1 aromatic heterocycles. The van der Waals surface area contributed by atoms with E-state index in [1.54, 1.807) is 49.1 Å². The van der Waals surface area contributed by atoms with Crippen LogP contribution in [-0.4, -0.2) is 96.9 Å². The molecule has 0 spiro atoms. The van der Waals surface area contributed by atoms with E-state index in [1.807, 2.05) is 51.1 Å². The van der Waals surface area contributed by atoms with Crippen molar-refractivity contribution in [3.63, 3.8) is 0 Å². The number of nitrogens with two attached hydrogens (primary N) is 1. The van der Waals surface area contributed by atoms with Crippen molar-refractivity contribution in [1.29, 1.82) is 0 Å². The van der Waals surface area contributed by atoms with Crippen LogP contribution in [0.5, 0.6) is 5.75 Å². The molecule has 0 unspecified atom stereocenters. The monoisotopic (exact) mass is 778 g/mol. The lowest BCUT2D eigenvalue weighted by molar-refractivity contribution is -0.132. The van der Waals surface area contributed by atoms with E-state index < -0.39 is 17.8 Å². The van der Waals surface area contributed by atoms with Gasteiger partial charge in [0.1, 0.15) is 17.8 Å². The smallest absolute Gasteiger partial charge is 0.351 e. The van der Waals surface area contributed by atoms with Crippen molar-refractivity contribution in [2.75, 3.05) is 31.2 Å². The zero-order valence-electron chi connectivity index (χ0n) is 32.4. The Morgan fingerprint density at radius 1 is 1.04 bits per heavy atom. The normalized spacial score (nSPS) is 23.8. The molecule has 14 heteroatoms. The first kappa shape index (κ1) is 42.2. The molecule has 7 N–H and O–H groups in total. The molecular weight excluding hydrogens is 721 g/mol. The number of nitrogens with one attached hydrogen (secondary N) is 2. The van der Waals surface area contributed by atoms with Gasteiger partial charge in [0.15, 0.2) is 0 Å². The van der Waals surface area contributed by atoms with Crippen molar-refractivity contribution in [3.8, 4) is 5.75 Å². The van der Waals surface area contributed by atoms with Gasteiger partial charge in [0.2, 0.25) is 5.91 Å². The Labute approximate surface area is 328 Å². The van der Waals surface area contributed by atoms with Gasteiger partial charge in [0.25, 0.3) is 5.91 Å². The topological polar surface area (TPSA) is 192 Å². The van der Waals surface area contributed by atoms with Gasteiger partial charge in [-0.15, -0.1) is 11.8 Å². The summed E-state index contributed by atoms with van der Waals surface area (Å²) in [6, 6.07) is 15.5. The first-order valence-electron chi connectivity index (χ1n) is 19.3. The van der Waals surface area contributed by atoms with E-state index >= 15 is 0 Å². The number of nitrogen functional groups attached to an aromatic ring is 1. The van der Waals surface area contributed by atoms with Crippen molar-refractivity contribution in [1.82, 2.24) is 25.1 Å². The van der Waals surface area contributed by atoms with Gasteiger partial charge in [-0.3, -0.25) is 19.1 Å². The molecule has 3 aliphatic rings. The highest BCUT2D eigenvalue weighted by Crippen LogP contribution is 2.39. The second-order valence-corrected chi connectivity index (χ2v) is 17.1. The molecular formula is C41H58N6O7S. The number of aliphatic hydroxyl groups is 2. The number of amides is 2. The van der Waals surface area contributed by atoms with Gasteiger partial charge in [-0.05, 0) is 95.5 Å². The predicted molar refractivity (Wildman–Crippen MR) is 214 cm³/mol. The molecule has 13 nitrogen and oxygen atoms in total. The van der Waals surface area contributed by atoms with E-state index in [2.05, 4.69) is 20.5 Å². The van der Waals surface area contributed by atoms with E-state index in [4.69, 9.17) is 15.6 Å². The number of hydrogen-bond acceptors (Lipinski definition) is 11. The minimum absolute atomic E-state index is 0.0124. The molecule has 2 aliphatic heterocycles. The zero-order chi connectivity index (χ0) is 39.7. The van der Waals surface area contributed by atoms with Crippen molar-refractivity contribution < 1.29 is 29.6 Å². The Morgan fingerprint density at radius 2 is 1.76 bits per heavy atom. The van der Waals surface area contributed by atoms with Crippen molar-refractivity contribution >= 4 is 29.4 Å². The number of aromatic nitrogens is 2. The minimum atomic E-state index is -0.886. The molecule has 1 aliphatic carbocycles. The molecule has 2 saturated heterocycles. The van der Waals surface area contributed by atoms with Crippen LogP contribution in [0.2, 0.25) is 0 Å². The molecule has 2 aromatic carbocycles. The first-order chi connectivity index (χ1) is 26.2. The second-order valence-electron chi connectivity index (χ2n) is 16.0. The van der Waals surface area contributed by atoms with Crippen LogP contribution < -0.4 is 22.1 Å². The summed E-state index contributed by atoms with van der Waals surface area (Å²) in [6.07, 6.45) is 7.18. The van der Waals surface area contributed by atoms with Gasteiger partial charge in [0.05, 0.1) is 30.9 Å². The van der Waals surface area contributed by atoms with Crippen LogP contribution in [0.4, 0.5) is 5.82 Å². The van der Waals surface area contributed by atoms with E-state index in [9.17, 15) is 24.6 Å². The van der Waals surface area contributed by atoms with Crippen LogP contribution in [0.3, 0.4) is 0 Å². The standard InChI is InChI=1S/C32H45N3O4S.C9H13N3O3/c1-21-25(15-10-16-28(21)36)30(38)33-26(20-40-24-13-6-5-7-14-24)29(37)19-35-18-23-12-9-8-11-22(23)17-27(35)31(39)34-32(2,3)4;10-7-3-4-12(9(14)11-7)8-2-1-6(5-13)15-8/h5-7,10,13-16,22-23,26-27,29,36-37H,8-9,11-12,17-20H2,1-4H3,(H,33,38)(H,34,39);3-4,6,8,13H,1-2,5H2,(H2,10,11,14)/t22-,23+,26-,27-,29+;6-,8+/m00/s1. The number of anilines is 1. The van der Waals surface area contributed by atoms with E-state index in [0.29, 0.717) is 41.7 Å². The highest BCUT2D eigenvalue weighted by molar-refractivity contribution is 7.99. The zero-order valence-corrected chi connectivity index (χ0v) is 33.2. The minimum Gasteiger partial charge on any atom is -0.508 e. The van der Waals surface area contributed by atoms with Gasteiger partial charge in [-0.25, -0.2) is 4.79 Å². The maximum atomic E-state index is 13.5. The van der Waals surface area contributed by atoms with E-state index in [0.717, 1.165) is 37.1 Å².